The van der Waals surface area contributed by atoms with Crippen LogP contribution in [-0.2, 0) is 26.0 Å². The number of aryl methyl sites for hydroxylation is 1. The molecule has 0 aliphatic carbocycles. The predicted molar refractivity (Wildman–Crippen MR) is 121 cm³/mol. The number of hydrogen-bond acceptors (Lipinski definition) is 5. The largest absolute Gasteiger partial charge is 0.497 e. The normalized spacial score (nSPS) is 16.5. The van der Waals surface area contributed by atoms with E-state index >= 15 is 0 Å². The van der Waals surface area contributed by atoms with Crippen LogP contribution in [-0.4, -0.2) is 57.3 Å². The maximum atomic E-state index is 13.0. The first kappa shape index (κ1) is 23.7. The maximum absolute atomic E-state index is 13.0. The molecule has 0 radical (unpaired) electrons. The minimum Gasteiger partial charge on any atom is -0.497 e. The van der Waals surface area contributed by atoms with Crippen LogP contribution < -0.4 is 15.4 Å². The van der Waals surface area contributed by atoms with E-state index in [1.165, 1.54) is 29.1 Å². The van der Waals surface area contributed by atoms with Gasteiger partial charge in [-0.05, 0) is 55.5 Å². The van der Waals surface area contributed by atoms with E-state index < -0.39 is 27.9 Å². The van der Waals surface area contributed by atoms with Gasteiger partial charge in [-0.2, -0.15) is 4.31 Å². The Morgan fingerprint density at radius 3 is 2.41 bits per heavy atom. The Morgan fingerprint density at radius 1 is 1.03 bits per heavy atom. The summed E-state index contributed by atoms with van der Waals surface area (Å²) in [5, 5.41) is 5.19. The molecule has 8 nitrogen and oxygen atoms in total. The number of carbonyl (C=O) groups excluding carboxylic acids is 2. The summed E-state index contributed by atoms with van der Waals surface area (Å²) in [6, 6.07) is 15.7. The molecule has 1 atom stereocenters. The van der Waals surface area contributed by atoms with Gasteiger partial charge in [-0.1, -0.05) is 30.3 Å². The van der Waals surface area contributed by atoms with Crippen LogP contribution in [0.1, 0.15) is 24.8 Å². The average Bonchev–Trinajstić information content (AvgIpc) is 3.30. The van der Waals surface area contributed by atoms with Gasteiger partial charge < -0.3 is 15.4 Å². The van der Waals surface area contributed by atoms with Crippen LogP contribution >= 0.6 is 0 Å². The summed E-state index contributed by atoms with van der Waals surface area (Å²) in [5.41, 5.74) is 1.17. The number of methoxy groups -OCH3 is 1. The zero-order valence-electron chi connectivity index (χ0n) is 18.1. The van der Waals surface area contributed by atoms with Crippen molar-refractivity contribution in [1.29, 1.82) is 0 Å². The fourth-order valence-corrected chi connectivity index (χ4v) is 5.42. The molecule has 0 unspecified atom stereocenters. The summed E-state index contributed by atoms with van der Waals surface area (Å²) in [6.45, 7) is 0.856. The van der Waals surface area contributed by atoms with E-state index in [9.17, 15) is 18.0 Å². The highest BCUT2D eigenvalue weighted by Gasteiger charge is 2.35. The molecular weight excluding hydrogens is 430 g/mol. The average molecular weight is 460 g/mol. The lowest BCUT2D eigenvalue weighted by molar-refractivity contribution is -0.139. The fourth-order valence-electron chi connectivity index (χ4n) is 3.72. The van der Waals surface area contributed by atoms with Gasteiger partial charge in [0.1, 0.15) is 5.75 Å². The lowest BCUT2D eigenvalue weighted by atomic mass is 10.1. The quantitative estimate of drug-likeness (QED) is 0.439. The van der Waals surface area contributed by atoms with Gasteiger partial charge in [0.25, 0.3) is 0 Å². The van der Waals surface area contributed by atoms with Crippen LogP contribution in [0.15, 0.2) is 59.5 Å². The lowest BCUT2D eigenvalue weighted by Gasteiger charge is -2.24. The highest BCUT2D eigenvalue weighted by Crippen LogP contribution is 2.26. The fraction of sp³-hybridized carbons (Fsp3) is 0.391. The van der Waals surface area contributed by atoms with Gasteiger partial charge in [-0.3, -0.25) is 9.59 Å². The second-order valence-electron chi connectivity index (χ2n) is 7.64. The van der Waals surface area contributed by atoms with Crippen LogP contribution in [0.2, 0.25) is 0 Å². The number of hydrogen-bond donors (Lipinski definition) is 2. The number of carbonyl (C=O) groups is 2. The first-order valence-corrected chi connectivity index (χ1v) is 12.1. The number of benzene rings is 2. The topological polar surface area (TPSA) is 105 Å². The first-order chi connectivity index (χ1) is 15.4. The van der Waals surface area contributed by atoms with Crippen molar-refractivity contribution in [3.8, 4) is 5.75 Å². The van der Waals surface area contributed by atoms with Crippen molar-refractivity contribution in [3.63, 3.8) is 0 Å². The Hall–Kier alpha value is -2.91. The molecule has 2 amide bonds. The van der Waals surface area contributed by atoms with Gasteiger partial charge in [-0.25, -0.2) is 8.42 Å². The van der Waals surface area contributed by atoms with E-state index in [4.69, 9.17) is 4.74 Å². The van der Waals surface area contributed by atoms with E-state index in [2.05, 4.69) is 10.6 Å². The summed E-state index contributed by atoms with van der Waals surface area (Å²) < 4.78 is 32.5. The van der Waals surface area contributed by atoms with E-state index in [0.717, 1.165) is 12.8 Å². The number of ether oxygens (including phenoxy) is 1. The molecule has 1 aliphatic rings. The Balaban J connectivity index is 1.47. The molecule has 2 aromatic carbocycles. The van der Waals surface area contributed by atoms with E-state index in [1.807, 2.05) is 30.3 Å². The molecule has 2 aromatic rings. The zero-order chi connectivity index (χ0) is 23.0. The number of sulfonamides is 1. The van der Waals surface area contributed by atoms with Crippen molar-refractivity contribution >= 4 is 21.8 Å². The molecule has 0 aromatic heterocycles. The molecule has 32 heavy (non-hydrogen) atoms. The molecule has 2 N–H and O–H groups in total. The van der Waals surface area contributed by atoms with Crippen LogP contribution in [0.25, 0.3) is 0 Å². The van der Waals surface area contributed by atoms with Crippen LogP contribution in [0.5, 0.6) is 5.75 Å². The van der Waals surface area contributed by atoms with Gasteiger partial charge in [0.15, 0.2) is 0 Å². The number of amides is 2. The van der Waals surface area contributed by atoms with Crippen LogP contribution in [0.3, 0.4) is 0 Å². The van der Waals surface area contributed by atoms with Gasteiger partial charge in [0, 0.05) is 25.7 Å². The minimum absolute atomic E-state index is 0.0889. The van der Waals surface area contributed by atoms with Crippen molar-refractivity contribution in [2.24, 2.45) is 0 Å². The summed E-state index contributed by atoms with van der Waals surface area (Å²) in [6.07, 6.45) is 2.85. The molecule has 3 rings (SSSR count). The number of rotatable bonds is 9. The number of nitrogens with one attached hydrogen (secondary N) is 2. The Kier molecular flexibility index (Phi) is 8.24. The maximum Gasteiger partial charge on any atom is 0.309 e. The molecule has 9 heteroatoms. The molecule has 1 aliphatic heterocycles. The zero-order valence-corrected chi connectivity index (χ0v) is 18.9. The second kappa shape index (κ2) is 11.1. The molecule has 1 saturated heterocycles. The SMILES string of the molecule is COc1ccc(S(=O)(=O)N2CCC[C@@H]2CNC(=O)C(=O)NCCCc2ccccc2)cc1. The molecule has 172 valence electrons. The second-order valence-corrected chi connectivity index (χ2v) is 9.53. The lowest BCUT2D eigenvalue weighted by Crippen LogP contribution is -2.47. The smallest absolute Gasteiger partial charge is 0.309 e. The standard InChI is InChI=1S/C23H29N3O5S/c1-31-20-11-13-21(14-12-20)32(29,30)26-16-6-10-19(26)17-25-23(28)22(27)24-15-5-9-18-7-3-2-4-8-18/h2-4,7-8,11-14,19H,5-6,9-10,15-17H2,1H3,(H,24,27)(H,25,28)/t19-/m1/s1. The highest BCUT2D eigenvalue weighted by atomic mass is 32.2. The third-order valence-corrected chi connectivity index (χ3v) is 7.43. The van der Waals surface area contributed by atoms with Crippen molar-refractivity contribution in [3.05, 3.63) is 60.2 Å². The molecule has 0 saturated carbocycles. The molecule has 0 bridgehead atoms. The van der Waals surface area contributed by atoms with Gasteiger partial charge in [-0.15, -0.1) is 0 Å². The summed E-state index contributed by atoms with van der Waals surface area (Å²) >= 11 is 0. The van der Waals surface area contributed by atoms with Gasteiger partial charge in [0.05, 0.1) is 12.0 Å². The van der Waals surface area contributed by atoms with Crippen LogP contribution in [0.4, 0.5) is 0 Å². The van der Waals surface area contributed by atoms with E-state index in [0.29, 0.717) is 31.7 Å². The monoisotopic (exact) mass is 459 g/mol. The van der Waals surface area contributed by atoms with Gasteiger partial charge in [0.2, 0.25) is 10.0 Å². The third kappa shape index (κ3) is 6.08. The Labute approximate surface area is 189 Å². The number of nitrogens with zero attached hydrogens (tertiary/aromatic N) is 1. The Bertz CT molecular complexity index is 1010. The molecule has 1 heterocycles. The highest BCUT2D eigenvalue weighted by molar-refractivity contribution is 7.89. The summed E-state index contributed by atoms with van der Waals surface area (Å²) in [7, 11) is -2.18. The van der Waals surface area contributed by atoms with Crippen molar-refractivity contribution in [2.75, 3.05) is 26.7 Å². The van der Waals surface area contributed by atoms with Crippen molar-refractivity contribution < 1.29 is 22.7 Å². The van der Waals surface area contributed by atoms with E-state index in [1.54, 1.807) is 12.1 Å². The predicted octanol–water partition coefficient (Wildman–Crippen LogP) is 1.71. The van der Waals surface area contributed by atoms with Gasteiger partial charge >= 0.3 is 11.8 Å². The van der Waals surface area contributed by atoms with Crippen LogP contribution in [0, 0.1) is 0 Å². The van der Waals surface area contributed by atoms with E-state index in [-0.39, 0.29) is 11.4 Å². The Morgan fingerprint density at radius 2 is 1.72 bits per heavy atom. The summed E-state index contributed by atoms with van der Waals surface area (Å²) in [4.78, 5) is 24.4. The molecule has 0 spiro atoms. The third-order valence-electron chi connectivity index (χ3n) is 5.46. The molecular formula is C23H29N3O5S. The molecule has 1 fully saturated rings. The summed E-state index contributed by atoms with van der Waals surface area (Å²) in [5.74, 6) is -0.886. The minimum atomic E-state index is -3.70. The first-order valence-electron chi connectivity index (χ1n) is 10.7. The van der Waals surface area contributed by atoms with Crippen molar-refractivity contribution in [1.82, 2.24) is 14.9 Å². The van der Waals surface area contributed by atoms with Crippen molar-refractivity contribution in [2.45, 2.75) is 36.6 Å².